The van der Waals surface area contributed by atoms with Crippen LogP contribution in [0, 0.1) is 46.3 Å². The molecule has 154 valence electrons. The lowest BCUT2D eigenvalue weighted by Crippen LogP contribution is -2.54. The topological polar surface area (TPSA) is 37.3 Å². The Hall–Kier alpha value is -0.370. The summed E-state index contributed by atoms with van der Waals surface area (Å²) >= 11 is 0. The Morgan fingerprint density at radius 1 is 1.00 bits per heavy atom. The van der Waals surface area contributed by atoms with Crippen molar-refractivity contribution in [2.45, 2.75) is 104 Å². The van der Waals surface area contributed by atoms with E-state index < -0.39 is 0 Å². The SMILES string of the molecule is CC(=O)CC[C@@H](C)[C@H]1CCC2C3CC[C@H]4C[C@@H](O)CC[C@]4(C)C3CC[C@@]21C. The Kier molecular flexibility index (Phi) is 5.28. The molecule has 0 bridgehead atoms. The molecule has 3 unspecified atom stereocenters. The van der Waals surface area contributed by atoms with Crippen LogP contribution in [0.15, 0.2) is 0 Å². The van der Waals surface area contributed by atoms with E-state index in [2.05, 4.69) is 20.8 Å². The van der Waals surface area contributed by atoms with Crippen LogP contribution in [0.4, 0.5) is 0 Å². The summed E-state index contributed by atoms with van der Waals surface area (Å²) in [6.07, 6.45) is 13.6. The number of hydrogen-bond donors (Lipinski definition) is 1. The molecule has 0 aromatic rings. The molecular formula is C25H42O2. The van der Waals surface area contributed by atoms with Crippen molar-refractivity contribution >= 4 is 5.78 Å². The predicted octanol–water partition coefficient (Wildman–Crippen LogP) is 6.01. The zero-order valence-electron chi connectivity index (χ0n) is 18.2. The Morgan fingerprint density at radius 2 is 1.70 bits per heavy atom. The van der Waals surface area contributed by atoms with Crippen LogP contribution in [-0.2, 0) is 4.79 Å². The highest BCUT2D eigenvalue weighted by Crippen LogP contribution is 2.68. The number of carbonyl (C=O) groups excluding carboxylic acids is 1. The molecule has 4 rings (SSSR count). The summed E-state index contributed by atoms with van der Waals surface area (Å²) in [6, 6.07) is 0. The molecule has 0 heterocycles. The predicted molar refractivity (Wildman–Crippen MR) is 110 cm³/mol. The Balaban J connectivity index is 1.51. The average Bonchev–Trinajstić information content (AvgIpc) is 2.97. The fourth-order valence-electron chi connectivity index (χ4n) is 8.84. The minimum absolute atomic E-state index is 0.0357. The van der Waals surface area contributed by atoms with Crippen molar-refractivity contribution in [3.63, 3.8) is 0 Å². The first kappa shape index (κ1) is 19.9. The lowest BCUT2D eigenvalue weighted by molar-refractivity contribution is -0.129. The molecule has 4 saturated carbocycles. The third-order valence-corrected chi connectivity index (χ3v) is 10.4. The zero-order chi connectivity index (χ0) is 19.4. The van der Waals surface area contributed by atoms with E-state index in [0.717, 1.165) is 55.3 Å². The van der Waals surface area contributed by atoms with Crippen molar-refractivity contribution < 1.29 is 9.90 Å². The van der Waals surface area contributed by atoms with Crippen LogP contribution < -0.4 is 0 Å². The molecule has 0 aromatic carbocycles. The molecule has 4 fully saturated rings. The summed E-state index contributed by atoms with van der Waals surface area (Å²) in [7, 11) is 0. The summed E-state index contributed by atoms with van der Waals surface area (Å²) in [5.41, 5.74) is 0.997. The first-order valence-corrected chi connectivity index (χ1v) is 11.9. The highest BCUT2D eigenvalue weighted by Gasteiger charge is 2.60. The van der Waals surface area contributed by atoms with E-state index in [9.17, 15) is 9.90 Å². The van der Waals surface area contributed by atoms with Crippen LogP contribution in [0.5, 0.6) is 0 Å². The monoisotopic (exact) mass is 374 g/mol. The van der Waals surface area contributed by atoms with Crippen molar-refractivity contribution in [2.75, 3.05) is 0 Å². The van der Waals surface area contributed by atoms with Gasteiger partial charge in [-0.1, -0.05) is 20.8 Å². The molecule has 0 radical (unpaired) electrons. The molecule has 4 aliphatic rings. The van der Waals surface area contributed by atoms with E-state index in [1.165, 1.54) is 44.9 Å². The Bertz CT molecular complexity index is 571. The van der Waals surface area contributed by atoms with E-state index in [1.54, 1.807) is 6.92 Å². The van der Waals surface area contributed by atoms with E-state index in [0.29, 0.717) is 22.5 Å². The van der Waals surface area contributed by atoms with E-state index in [1.807, 2.05) is 0 Å². The number of Topliss-reactive ketones (excluding diaryl/α,β-unsaturated/α-hetero) is 1. The standard InChI is InChI=1S/C25H42O2/c1-16(5-6-17(2)26)21-9-10-22-20-8-7-18-15-19(27)11-13-24(18,3)23(20)12-14-25(21,22)4/h16,18-23,27H,5-15H2,1-4H3/t16-,18+,19+,20?,21-,22?,23?,24+,25-/m1/s1. The van der Waals surface area contributed by atoms with Crippen LogP contribution in [0.2, 0.25) is 0 Å². The first-order chi connectivity index (χ1) is 12.8. The van der Waals surface area contributed by atoms with E-state index in [4.69, 9.17) is 0 Å². The summed E-state index contributed by atoms with van der Waals surface area (Å²) in [6.45, 7) is 9.38. The second-order valence-electron chi connectivity index (χ2n) is 11.5. The molecule has 4 aliphatic carbocycles. The smallest absolute Gasteiger partial charge is 0.129 e. The maximum absolute atomic E-state index is 11.5. The largest absolute Gasteiger partial charge is 0.393 e. The summed E-state index contributed by atoms with van der Waals surface area (Å²) in [4.78, 5) is 11.5. The molecule has 9 atom stereocenters. The van der Waals surface area contributed by atoms with Gasteiger partial charge >= 0.3 is 0 Å². The molecule has 0 aliphatic heterocycles. The maximum atomic E-state index is 11.5. The molecule has 0 spiro atoms. The summed E-state index contributed by atoms with van der Waals surface area (Å²) < 4.78 is 0. The fraction of sp³-hybridized carbons (Fsp3) is 0.960. The van der Waals surface area contributed by atoms with Gasteiger partial charge in [-0.25, -0.2) is 0 Å². The lowest BCUT2D eigenvalue weighted by Gasteiger charge is -2.61. The number of rotatable bonds is 4. The van der Waals surface area contributed by atoms with Gasteiger partial charge in [0.2, 0.25) is 0 Å². The molecule has 0 amide bonds. The number of aliphatic hydroxyl groups is 1. The summed E-state index contributed by atoms with van der Waals surface area (Å²) in [5, 5.41) is 10.2. The fourth-order valence-corrected chi connectivity index (χ4v) is 8.84. The van der Waals surface area contributed by atoms with Gasteiger partial charge in [0, 0.05) is 6.42 Å². The number of carbonyl (C=O) groups is 1. The summed E-state index contributed by atoms with van der Waals surface area (Å²) in [5.74, 6) is 5.36. The van der Waals surface area contributed by atoms with Crippen LogP contribution in [0.3, 0.4) is 0 Å². The van der Waals surface area contributed by atoms with Crippen molar-refractivity contribution in [3.8, 4) is 0 Å². The minimum Gasteiger partial charge on any atom is -0.393 e. The van der Waals surface area contributed by atoms with Gasteiger partial charge in [0.05, 0.1) is 6.10 Å². The van der Waals surface area contributed by atoms with Gasteiger partial charge in [-0.2, -0.15) is 0 Å². The van der Waals surface area contributed by atoms with Gasteiger partial charge in [0.25, 0.3) is 0 Å². The third kappa shape index (κ3) is 3.22. The van der Waals surface area contributed by atoms with Crippen molar-refractivity contribution in [1.82, 2.24) is 0 Å². The average molecular weight is 375 g/mol. The highest BCUT2D eigenvalue weighted by molar-refractivity contribution is 5.75. The van der Waals surface area contributed by atoms with Gasteiger partial charge < -0.3 is 9.90 Å². The molecule has 27 heavy (non-hydrogen) atoms. The van der Waals surface area contributed by atoms with Crippen LogP contribution in [-0.4, -0.2) is 17.0 Å². The van der Waals surface area contributed by atoms with E-state index >= 15 is 0 Å². The molecule has 2 nitrogen and oxygen atoms in total. The van der Waals surface area contributed by atoms with Crippen molar-refractivity contribution in [1.29, 1.82) is 0 Å². The molecule has 0 saturated heterocycles. The van der Waals surface area contributed by atoms with Gasteiger partial charge in [-0.3, -0.25) is 0 Å². The molecule has 1 N–H and O–H groups in total. The number of aliphatic hydroxyl groups excluding tert-OH is 1. The molecular weight excluding hydrogens is 332 g/mol. The lowest BCUT2D eigenvalue weighted by atomic mass is 9.44. The minimum atomic E-state index is -0.0357. The van der Waals surface area contributed by atoms with Crippen LogP contribution in [0.25, 0.3) is 0 Å². The Morgan fingerprint density at radius 3 is 2.44 bits per heavy atom. The van der Waals surface area contributed by atoms with Gasteiger partial charge in [0.1, 0.15) is 5.78 Å². The normalized spacial score (nSPS) is 50.4. The molecule has 2 heteroatoms. The van der Waals surface area contributed by atoms with E-state index in [-0.39, 0.29) is 6.10 Å². The number of ketones is 1. The van der Waals surface area contributed by atoms with Crippen molar-refractivity contribution in [2.24, 2.45) is 46.3 Å². The second kappa shape index (κ2) is 7.15. The maximum Gasteiger partial charge on any atom is 0.129 e. The number of hydrogen-bond acceptors (Lipinski definition) is 2. The van der Waals surface area contributed by atoms with Gasteiger partial charge in [0.15, 0.2) is 0 Å². The van der Waals surface area contributed by atoms with Gasteiger partial charge in [-0.05, 0) is 117 Å². The van der Waals surface area contributed by atoms with Crippen LogP contribution in [0.1, 0.15) is 98.3 Å². The van der Waals surface area contributed by atoms with Crippen molar-refractivity contribution in [3.05, 3.63) is 0 Å². The highest BCUT2D eigenvalue weighted by atomic mass is 16.3. The zero-order valence-corrected chi connectivity index (χ0v) is 18.2. The second-order valence-corrected chi connectivity index (χ2v) is 11.5. The first-order valence-electron chi connectivity index (χ1n) is 11.9. The van der Waals surface area contributed by atoms with Gasteiger partial charge in [-0.15, -0.1) is 0 Å². The van der Waals surface area contributed by atoms with Crippen LogP contribution >= 0.6 is 0 Å². The third-order valence-electron chi connectivity index (χ3n) is 10.4. The molecule has 0 aromatic heterocycles. The Labute approximate surface area is 166 Å². The quantitative estimate of drug-likeness (QED) is 0.654. The number of fused-ring (bicyclic) bond motifs is 5.